The van der Waals surface area contributed by atoms with Crippen molar-refractivity contribution in [1.82, 2.24) is 0 Å². The summed E-state index contributed by atoms with van der Waals surface area (Å²) in [5, 5.41) is 8.86. The molecule has 0 radical (unpaired) electrons. The highest BCUT2D eigenvalue weighted by Gasteiger charge is 2.01. The number of allylic oxidation sites excluding steroid dienone is 4. The van der Waals surface area contributed by atoms with Gasteiger partial charge in [0.2, 0.25) is 0 Å². The van der Waals surface area contributed by atoms with E-state index in [4.69, 9.17) is 5.11 Å². The van der Waals surface area contributed by atoms with E-state index in [0.29, 0.717) is 11.7 Å². The Labute approximate surface area is 55.0 Å². The SMILES string of the molecule is C=CC1C=CC(O)=CC1. The molecule has 0 heterocycles. The molecule has 0 saturated heterocycles. The average molecular weight is 122 g/mol. The molecule has 0 spiro atoms. The van der Waals surface area contributed by atoms with Gasteiger partial charge in [-0.3, -0.25) is 0 Å². The third-order valence-electron chi connectivity index (χ3n) is 1.42. The fraction of sp³-hybridized carbons (Fsp3) is 0.250. The molecule has 1 atom stereocenters. The van der Waals surface area contributed by atoms with Gasteiger partial charge in [0.05, 0.1) is 0 Å². The molecule has 0 aliphatic heterocycles. The van der Waals surface area contributed by atoms with Gasteiger partial charge in [-0.05, 0) is 24.5 Å². The fourth-order valence-corrected chi connectivity index (χ4v) is 0.800. The maximum Gasteiger partial charge on any atom is 0.111 e. The molecular formula is C8H10O. The summed E-state index contributed by atoms with van der Waals surface area (Å²) in [6, 6.07) is 0. The van der Waals surface area contributed by atoms with Crippen LogP contribution in [0.15, 0.2) is 36.6 Å². The third kappa shape index (κ3) is 1.46. The van der Waals surface area contributed by atoms with Gasteiger partial charge in [0.15, 0.2) is 0 Å². The summed E-state index contributed by atoms with van der Waals surface area (Å²) in [4.78, 5) is 0. The number of aliphatic hydroxyl groups excluding tert-OH is 1. The van der Waals surface area contributed by atoms with Crippen LogP contribution in [0.1, 0.15) is 6.42 Å². The highest BCUT2D eigenvalue weighted by molar-refractivity contribution is 5.19. The van der Waals surface area contributed by atoms with E-state index in [9.17, 15) is 0 Å². The predicted octanol–water partition coefficient (Wildman–Crippen LogP) is 2.19. The first kappa shape index (κ1) is 6.14. The van der Waals surface area contributed by atoms with E-state index in [1.54, 1.807) is 12.2 Å². The van der Waals surface area contributed by atoms with E-state index in [0.717, 1.165) is 6.42 Å². The van der Waals surface area contributed by atoms with Crippen LogP contribution in [0.2, 0.25) is 0 Å². The molecule has 0 aromatic carbocycles. The zero-order valence-corrected chi connectivity index (χ0v) is 5.25. The summed E-state index contributed by atoms with van der Waals surface area (Å²) in [5.74, 6) is 0.786. The molecule has 0 fully saturated rings. The van der Waals surface area contributed by atoms with Gasteiger partial charge in [0.25, 0.3) is 0 Å². The highest BCUT2D eigenvalue weighted by Crippen LogP contribution is 2.14. The van der Waals surface area contributed by atoms with Crippen molar-refractivity contribution in [3.8, 4) is 0 Å². The largest absolute Gasteiger partial charge is 0.508 e. The highest BCUT2D eigenvalue weighted by atomic mass is 16.3. The third-order valence-corrected chi connectivity index (χ3v) is 1.42. The van der Waals surface area contributed by atoms with Gasteiger partial charge in [0.1, 0.15) is 5.76 Å². The van der Waals surface area contributed by atoms with Crippen molar-refractivity contribution in [2.45, 2.75) is 6.42 Å². The molecular weight excluding hydrogens is 112 g/mol. The number of hydrogen-bond acceptors (Lipinski definition) is 1. The standard InChI is InChI=1S/C8H10O/c1-2-7-3-5-8(9)6-4-7/h2-3,5-7,9H,1,4H2. The Kier molecular flexibility index (Phi) is 1.73. The molecule has 0 aromatic rings. The summed E-state index contributed by atoms with van der Waals surface area (Å²) in [6.07, 6.45) is 8.20. The molecule has 0 saturated carbocycles. The number of hydrogen-bond donors (Lipinski definition) is 1. The molecule has 1 N–H and O–H groups in total. The van der Waals surface area contributed by atoms with Gasteiger partial charge in [0, 0.05) is 0 Å². The van der Waals surface area contributed by atoms with Crippen molar-refractivity contribution in [1.29, 1.82) is 0 Å². The van der Waals surface area contributed by atoms with Gasteiger partial charge >= 0.3 is 0 Å². The first-order valence-electron chi connectivity index (χ1n) is 3.03. The monoisotopic (exact) mass is 122 g/mol. The minimum Gasteiger partial charge on any atom is -0.508 e. The minimum absolute atomic E-state index is 0.369. The molecule has 0 bridgehead atoms. The normalized spacial score (nSPS) is 25.3. The Hall–Kier alpha value is -0.980. The number of rotatable bonds is 1. The molecule has 1 unspecified atom stereocenters. The van der Waals surface area contributed by atoms with E-state index in [1.807, 2.05) is 12.2 Å². The maximum absolute atomic E-state index is 8.86. The second-order valence-corrected chi connectivity index (χ2v) is 2.12. The van der Waals surface area contributed by atoms with E-state index < -0.39 is 0 Å². The lowest BCUT2D eigenvalue weighted by Crippen LogP contribution is -1.94. The predicted molar refractivity (Wildman–Crippen MR) is 38.2 cm³/mol. The van der Waals surface area contributed by atoms with Gasteiger partial charge in [-0.25, -0.2) is 0 Å². The summed E-state index contributed by atoms with van der Waals surface area (Å²) >= 11 is 0. The van der Waals surface area contributed by atoms with Gasteiger partial charge < -0.3 is 5.11 Å². The Morgan fingerprint density at radius 1 is 1.78 bits per heavy atom. The van der Waals surface area contributed by atoms with Crippen LogP contribution in [-0.4, -0.2) is 5.11 Å². The van der Waals surface area contributed by atoms with Crippen molar-refractivity contribution in [2.75, 3.05) is 0 Å². The molecule has 1 rings (SSSR count). The molecule has 1 nitrogen and oxygen atoms in total. The fourth-order valence-electron chi connectivity index (χ4n) is 0.800. The van der Waals surface area contributed by atoms with Crippen molar-refractivity contribution < 1.29 is 5.11 Å². The van der Waals surface area contributed by atoms with Gasteiger partial charge in [-0.2, -0.15) is 0 Å². The van der Waals surface area contributed by atoms with E-state index in [2.05, 4.69) is 6.58 Å². The molecule has 0 aromatic heterocycles. The molecule has 1 heteroatoms. The van der Waals surface area contributed by atoms with Crippen molar-refractivity contribution in [2.24, 2.45) is 5.92 Å². The maximum atomic E-state index is 8.86. The lowest BCUT2D eigenvalue weighted by atomic mass is 10.0. The van der Waals surface area contributed by atoms with Crippen LogP contribution < -0.4 is 0 Å². The summed E-state index contributed by atoms with van der Waals surface area (Å²) in [7, 11) is 0. The van der Waals surface area contributed by atoms with Crippen LogP contribution in [-0.2, 0) is 0 Å². The Bertz CT molecular complexity index is 165. The first-order chi connectivity index (χ1) is 4.33. The van der Waals surface area contributed by atoms with Crippen LogP contribution in [0.25, 0.3) is 0 Å². The van der Waals surface area contributed by atoms with Crippen molar-refractivity contribution in [3.63, 3.8) is 0 Å². The van der Waals surface area contributed by atoms with E-state index >= 15 is 0 Å². The second-order valence-electron chi connectivity index (χ2n) is 2.12. The molecule has 1 aliphatic rings. The second kappa shape index (κ2) is 2.53. The van der Waals surface area contributed by atoms with Crippen LogP contribution >= 0.6 is 0 Å². The smallest absolute Gasteiger partial charge is 0.111 e. The van der Waals surface area contributed by atoms with Gasteiger partial charge in [-0.15, -0.1) is 6.58 Å². The van der Waals surface area contributed by atoms with Crippen LogP contribution in [0.3, 0.4) is 0 Å². The van der Waals surface area contributed by atoms with Crippen molar-refractivity contribution in [3.05, 3.63) is 36.6 Å². The van der Waals surface area contributed by atoms with E-state index in [-0.39, 0.29) is 0 Å². The van der Waals surface area contributed by atoms with Crippen LogP contribution in [0, 0.1) is 5.92 Å². The van der Waals surface area contributed by atoms with Crippen molar-refractivity contribution >= 4 is 0 Å². The molecule has 48 valence electrons. The zero-order valence-electron chi connectivity index (χ0n) is 5.25. The summed E-state index contributed by atoms with van der Waals surface area (Å²) < 4.78 is 0. The quantitative estimate of drug-likeness (QED) is 0.528. The Morgan fingerprint density at radius 3 is 3.00 bits per heavy atom. The minimum atomic E-state index is 0.369. The van der Waals surface area contributed by atoms with Gasteiger partial charge in [-0.1, -0.05) is 12.2 Å². The van der Waals surface area contributed by atoms with E-state index in [1.165, 1.54) is 0 Å². The molecule has 0 amide bonds. The van der Waals surface area contributed by atoms with Crippen LogP contribution in [0.4, 0.5) is 0 Å². The first-order valence-corrected chi connectivity index (χ1v) is 3.03. The lowest BCUT2D eigenvalue weighted by molar-refractivity contribution is 0.424. The van der Waals surface area contributed by atoms with Crippen LogP contribution in [0.5, 0.6) is 0 Å². The Balaban J connectivity index is 2.58. The number of aliphatic hydroxyl groups is 1. The lowest BCUT2D eigenvalue weighted by Gasteiger charge is -2.07. The zero-order chi connectivity index (χ0) is 6.69. The summed E-state index contributed by atoms with van der Waals surface area (Å²) in [6.45, 7) is 3.65. The summed E-state index contributed by atoms with van der Waals surface area (Å²) in [5.41, 5.74) is 0. The molecule has 1 aliphatic carbocycles. The molecule has 9 heavy (non-hydrogen) atoms. The Morgan fingerprint density at radius 2 is 2.56 bits per heavy atom. The average Bonchev–Trinajstić information content (AvgIpc) is 1.90. The topological polar surface area (TPSA) is 20.2 Å².